The number of benzene rings is 1. The van der Waals surface area contributed by atoms with Crippen molar-refractivity contribution >= 4 is 11.8 Å². The van der Waals surface area contributed by atoms with E-state index in [1.54, 1.807) is 6.07 Å². The number of rotatable bonds is 8. The largest absolute Gasteiger partial charge is 0.394 e. The number of aliphatic hydroxyl groups excluding tert-OH is 3. The predicted octanol–water partition coefficient (Wildman–Crippen LogP) is 4.28. The fourth-order valence-corrected chi connectivity index (χ4v) is 7.39. The molecule has 5 rings (SSSR count). The van der Waals surface area contributed by atoms with Crippen molar-refractivity contribution in [1.29, 1.82) is 0 Å². The Morgan fingerprint density at radius 3 is 2.34 bits per heavy atom. The first kappa shape index (κ1) is 32.7. The zero-order chi connectivity index (χ0) is 32.0. The molecule has 2 aromatic heterocycles. The Kier molecular flexibility index (Phi) is 9.36. The second-order valence-electron chi connectivity index (χ2n) is 11.6. The van der Waals surface area contributed by atoms with E-state index in [-0.39, 0.29) is 30.0 Å². The van der Waals surface area contributed by atoms with Gasteiger partial charge in [-0.05, 0) is 42.5 Å². The minimum Gasteiger partial charge on any atom is -0.394 e. The first-order valence-corrected chi connectivity index (χ1v) is 15.1. The van der Waals surface area contributed by atoms with Crippen LogP contribution in [-0.4, -0.2) is 82.3 Å². The summed E-state index contributed by atoms with van der Waals surface area (Å²) in [6.07, 6.45) is -3.26. The molecule has 2 fully saturated rings. The number of ether oxygens (including phenoxy) is 1. The molecule has 1 aliphatic heterocycles. The summed E-state index contributed by atoms with van der Waals surface area (Å²) in [7, 11) is 0. The number of thioether (sulfide) groups is 1. The Morgan fingerprint density at radius 1 is 1.07 bits per heavy atom. The lowest BCUT2D eigenvalue weighted by Gasteiger charge is -2.46. The van der Waals surface area contributed by atoms with E-state index in [1.807, 2.05) is 19.9 Å². The van der Waals surface area contributed by atoms with Crippen LogP contribution in [0.3, 0.4) is 0 Å². The van der Waals surface area contributed by atoms with Crippen molar-refractivity contribution in [3.05, 3.63) is 65.4 Å². The molecule has 0 spiro atoms. The average molecular weight is 645 g/mol. The zero-order valence-corrected chi connectivity index (χ0v) is 24.6. The zero-order valence-electron chi connectivity index (χ0n) is 23.8. The predicted molar refractivity (Wildman–Crippen MR) is 149 cm³/mol. The van der Waals surface area contributed by atoms with Crippen LogP contribution in [0.4, 0.5) is 22.0 Å². The third-order valence-corrected chi connectivity index (χ3v) is 9.88. The van der Waals surface area contributed by atoms with Crippen LogP contribution in [0.1, 0.15) is 68.0 Å². The molecular weight excluding hydrogens is 611 g/mol. The highest BCUT2D eigenvalue weighted by Gasteiger charge is 2.52. The Balaban J connectivity index is 1.50. The lowest BCUT2D eigenvalue weighted by atomic mass is 9.78. The molecule has 0 amide bonds. The summed E-state index contributed by atoms with van der Waals surface area (Å²) in [6.45, 7) is 3.16. The minimum atomic E-state index is -2.94. The molecular formula is C29H33F5N4O5S. The van der Waals surface area contributed by atoms with Crippen LogP contribution in [0.2, 0.25) is 0 Å². The molecule has 0 radical (unpaired) electrons. The Labute approximate surface area is 254 Å². The van der Waals surface area contributed by atoms with Crippen LogP contribution in [-0.2, 0) is 4.74 Å². The summed E-state index contributed by atoms with van der Waals surface area (Å²) in [4.78, 5) is 4.52. The topological polar surface area (TPSA) is 134 Å². The van der Waals surface area contributed by atoms with Gasteiger partial charge in [0.05, 0.1) is 29.3 Å². The number of alkyl halides is 2. The number of hydrogen-bond acceptors (Lipinski definition) is 9. The normalized spacial score (nSPS) is 27.4. The molecule has 3 heterocycles. The third kappa shape index (κ3) is 6.35. The lowest BCUT2D eigenvalue weighted by Crippen LogP contribution is -2.55. The molecule has 6 atom stereocenters. The molecule has 15 heteroatoms. The fraction of sp³-hybridized carbons (Fsp3) is 0.552. The van der Waals surface area contributed by atoms with E-state index in [0.717, 1.165) is 34.1 Å². The Bertz CT molecular complexity index is 1450. The van der Waals surface area contributed by atoms with E-state index in [0.29, 0.717) is 5.69 Å². The van der Waals surface area contributed by atoms with E-state index < -0.39 is 83.5 Å². The van der Waals surface area contributed by atoms with Crippen molar-refractivity contribution in [3.63, 3.8) is 0 Å². The van der Waals surface area contributed by atoms with Crippen molar-refractivity contribution in [2.75, 3.05) is 6.61 Å². The van der Waals surface area contributed by atoms with Gasteiger partial charge in [0.1, 0.15) is 35.5 Å². The quantitative estimate of drug-likeness (QED) is 0.210. The van der Waals surface area contributed by atoms with Gasteiger partial charge in [-0.1, -0.05) is 25.1 Å². The number of aromatic nitrogens is 4. The highest BCUT2D eigenvalue weighted by Crippen LogP contribution is 2.53. The molecule has 9 nitrogen and oxygen atoms in total. The standard InChI is InChI=1S/C29H33F5N4O5S/c1-14(2)16-4-3-9-35-22(16)26(28(42)5-7-29(33,34)8-6-28)44-27-25(41)23(24(40)20(13-39)43-27)38-12-19(36-37-38)15-10-17(30)21(32)18(31)11-15/h3-4,9-12,14,20,23-27,39-42H,5-8,13H2,1-2H3/t20-,23+,24+,25-,26?,27+/m1/s1. The smallest absolute Gasteiger partial charge is 0.248 e. The van der Waals surface area contributed by atoms with E-state index in [4.69, 9.17) is 4.74 Å². The van der Waals surface area contributed by atoms with Gasteiger partial charge in [-0.15, -0.1) is 16.9 Å². The van der Waals surface area contributed by atoms with Crippen LogP contribution in [0.5, 0.6) is 0 Å². The Morgan fingerprint density at radius 2 is 1.73 bits per heavy atom. The maximum atomic E-state index is 14.2. The second kappa shape index (κ2) is 12.6. The highest BCUT2D eigenvalue weighted by molar-refractivity contribution is 8.00. The van der Waals surface area contributed by atoms with Crippen LogP contribution in [0.25, 0.3) is 11.3 Å². The van der Waals surface area contributed by atoms with Gasteiger partial charge >= 0.3 is 0 Å². The lowest BCUT2D eigenvalue weighted by molar-refractivity contribution is -0.179. The average Bonchev–Trinajstić information content (AvgIpc) is 3.47. The van der Waals surface area contributed by atoms with E-state index in [2.05, 4.69) is 15.3 Å². The molecule has 1 aromatic carbocycles. The van der Waals surface area contributed by atoms with Crippen molar-refractivity contribution in [3.8, 4) is 11.3 Å². The summed E-state index contributed by atoms with van der Waals surface area (Å²) < 4.78 is 76.5. The minimum absolute atomic E-state index is 0.0536. The number of hydrogen-bond donors (Lipinski definition) is 4. The van der Waals surface area contributed by atoms with Gasteiger partial charge in [-0.25, -0.2) is 26.6 Å². The fourth-order valence-electron chi connectivity index (χ4n) is 5.78. The maximum absolute atomic E-state index is 14.2. The van der Waals surface area contributed by atoms with E-state index >= 15 is 0 Å². The molecule has 1 unspecified atom stereocenters. The van der Waals surface area contributed by atoms with Crippen molar-refractivity contribution < 1.29 is 47.1 Å². The molecule has 3 aromatic rings. The van der Waals surface area contributed by atoms with Gasteiger partial charge in [0.2, 0.25) is 5.92 Å². The van der Waals surface area contributed by atoms with Crippen LogP contribution in [0.15, 0.2) is 36.7 Å². The first-order chi connectivity index (χ1) is 20.7. The SMILES string of the molecule is CC(C)c1cccnc1C(S[C@@H]1O[C@H](CO)[C@H](O)[C@H](n2cc(-c3cc(F)c(F)c(F)c3)nn2)[C@H]1O)C1(O)CCC(F)(F)CC1. The summed E-state index contributed by atoms with van der Waals surface area (Å²) in [5.41, 5.74) is -1.96. The van der Waals surface area contributed by atoms with E-state index in [9.17, 15) is 42.4 Å². The van der Waals surface area contributed by atoms with Crippen molar-refractivity contribution in [2.24, 2.45) is 0 Å². The van der Waals surface area contributed by atoms with E-state index in [1.165, 1.54) is 12.4 Å². The summed E-state index contributed by atoms with van der Waals surface area (Å²) in [6, 6.07) is 3.67. The number of nitrogens with zero attached hydrogens (tertiary/aromatic N) is 4. The van der Waals surface area contributed by atoms with Gasteiger partial charge < -0.3 is 25.2 Å². The van der Waals surface area contributed by atoms with Gasteiger partial charge in [0.25, 0.3) is 0 Å². The number of aliphatic hydroxyl groups is 4. The van der Waals surface area contributed by atoms with Crippen LogP contribution >= 0.6 is 11.8 Å². The van der Waals surface area contributed by atoms with Gasteiger partial charge in [0.15, 0.2) is 17.5 Å². The molecule has 1 aliphatic carbocycles. The molecule has 1 saturated heterocycles. The number of pyridine rings is 1. The Hall–Kier alpha value is -2.69. The summed E-state index contributed by atoms with van der Waals surface area (Å²) in [5, 5.41) is 51.3. The van der Waals surface area contributed by atoms with Gasteiger partial charge in [-0.2, -0.15) is 0 Å². The molecule has 44 heavy (non-hydrogen) atoms. The van der Waals surface area contributed by atoms with Crippen LogP contribution < -0.4 is 0 Å². The second-order valence-corrected chi connectivity index (χ2v) is 12.9. The molecule has 4 N–H and O–H groups in total. The summed E-state index contributed by atoms with van der Waals surface area (Å²) in [5.74, 6) is -7.55. The number of halogens is 5. The molecule has 2 aliphatic rings. The monoisotopic (exact) mass is 644 g/mol. The van der Waals surface area contributed by atoms with Gasteiger partial charge in [-0.3, -0.25) is 4.98 Å². The molecule has 240 valence electrons. The molecule has 1 saturated carbocycles. The maximum Gasteiger partial charge on any atom is 0.248 e. The third-order valence-electron chi connectivity index (χ3n) is 8.29. The summed E-state index contributed by atoms with van der Waals surface area (Å²) >= 11 is 0.938. The van der Waals surface area contributed by atoms with Crippen molar-refractivity contribution in [1.82, 2.24) is 20.0 Å². The van der Waals surface area contributed by atoms with Crippen molar-refractivity contribution in [2.45, 2.75) is 92.0 Å². The van der Waals surface area contributed by atoms with Gasteiger partial charge in [0, 0.05) is 24.6 Å². The first-order valence-electron chi connectivity index (χ1n) is 14.1. The molecule has 0 bridgehead atoms. The highest BCUT2D eigenvalue weighted by atomic mass is 32.2. The van der Waals surface area contributed by atoms with Crippen LogP contribution in [0, 0.1) is 17.5 Å².